The number of ether oxygens (including phenoxy) is 2. The average molecular weight is 314 g/mol. The lowest BCUT2D eigenvalue weighted by Gasteiger charge is -2.11. The minimum Gasteiger partial charge on any atom is -0.550 e. The highest BCUT2D eigenvalue weighted by Crippen LogP contribution is 2.31. The second-order valence-corrected chi connectivity index (χ2v) is 6.30. The number of carbonyl (C=O) groups is 1. The fourth-order valence-corrected chi connectivity index (χ4v) is 2.92. The maximum Gasteiger partial charge on any atom is 0.240 e. The standard InChI is InChI=1S/C13H17NO6S/c15-13(16)3-1-6-14-21(17,18)10-4-5-11-12(9-10)20-8-2-7-19-11/h4-5,9,14H,1-3,6-8H2,(H,15,16)/p-1. The van der Waals surface area contributed by atoms with Crippen molar-refractivity contribution in [3.8, 4) is 11.5 Å². The molecule has 2 rings (SSSR count). The van der Waals surface area contributed by atoms with Gasteiger partial charge in [0.2, 0.25) is 10.0 Å². The van der Waals surface area contributed by atoms with Crippen LogP contribution >= 0.6 is 0 Å². The van der Waals surface area contributed by atoms with E-state index in [9.17, 15) is 18.3 Å². The van der Waals surface area contributed by atoms with Gasteiger partial charge in [-0.25, -0.2) is 13.1 Å². The fraction of sp³-hybridized carbons (Fsp3) is 0.462. The Morgan fingerprint density at radius 3 is 2.67 bits per heavy atom. The summed E-state index contributed by atoms with van der Waals surface area (Å²) in [7, 11) is -3.70. The molecule has 0 aromatic heterocycles. The van der Waals surface area contributed by atoms with Crippen molar-refractivity contribution in [1.29, 1.82) is 0 Å². The number of hydrogen-bond acceptors (Lipinski definition) is 6. The van der Waals surface area contributed by atoms with Crippen molar-refractivity contribution in [3.05, 3.63) is 18.2 Å². The van der Waals surface area contributed by atoms with E-state index in [4.69, 9.17) is 9.47 Å². The molecular weight excluding hydrogens is 298 g/mol. The molecule has 0 saturated carbocycles. The van der Waals surface area contributed by atoms with Crippen molar-refractivity contribution < 1.29 is 27.8 Å². The number of nitrogens with one attached hydrogen (secondary N) is 1. The maximum atomic E-state index is 12.1. The van der Waals surface area contributed by atoms with Crippen LogP contribution in [-0.2, 0) is 14.8 Å². The highest BCUT2D eigenvalue weighted by Gasteiger charge is 2.18. The van der Waals surface area contributed by atoms with E-state index in [1.54, 1.807) is 6.07 Å². The lowest BCUT2D eigenvalue weighted by atomic mass is 10.3. The Bertz CT molecular complexity index is 613. The molecule has 0 fully saturated rings. The summed E-state index contributed by atoms with van der Waals surface area (Å²) in [6.07, 6.45) is 0.716. The van der Waals surface area contributed by atoms with Crippen LogP contribution in [0.3, 0.4) is 0 Å². The molecule has 0 radical (unpaired) electrons. The van der Waals surface area contributed by atoms with Crippen LogP contribution in [0, 0.1) is 0 Å². The largest absolute Gasteiger partial charge is 0.550 e. The molecule has 1 N–H and O–H groups in total. The van der Waals surface area contributed by atoms with Crippen LogP contribution in [0.1, 0.15) is 19.3 Å². The van der Waals surface area contributed by atoms with Gasteiger partial charge in [-0.15, -0.1) is 0 Å². The molecule has 0 bridgehead atoms. The molecule has 7 nitrogen and oxygen atoms in total. The molecule has 1 aromatic carbocycles. The summed E-state index contributed by atoms with van der Waals surface area (Å²) in [6, 6.07) is 4.38. The first-order chi connectivity index (χ1) is 9.99. The Hall–Kier alpha value is -1.80. The third-order valence-electron chi connectivity index (χ3n) is 2.88. The predicted molar refractivity (Wildman–Crippen MR) is 71.5 cm³/mol. The van der Waals surface area contributed by atoms with Crippen molar-refractivity contribution in [3.63, 3.8) is 0 Å². The van der Waals surface area contributed by atoms with E-state index in [0.29, 0.717) is 24.7 Å². The van der Waals surface area contributed by atoms with Crippen LogP contribution in [0.2, 0.25) is 0 Å². The minimum atomic E-state index is -3.70. The van der Waals surface area contributed by atoms with Gasteiger partial charge in [0, 0.05) is 25.0 Å². The number of hydrogen-bond donors (Lipinski definition) is 1. The van der Waals surface area contributed by atoms with E-state index in [0.717, 1.165) is 6.42 Å². The molecule has 21 heavy (non-hydrogen) atoms. The van der Waals surface area contributed by atoms with Crippen LogP contribution in [0.25, 0.3) is 0 Å². The molecule has 1 heterocycles. The Morgan fingerprint density at radius 2 is 1.95 bits per heavy atom. The minimum absolute atomic E-state index is 0.0325. The van der Waals surface area contributed by atoms with Gasteiger partial charge >= 0.3 is 0 Å². The van der Waals surface area contributed by atoms with Crippen LogP contribution in [-0.4, -0.2) is 34.1 Å². The summed E-state index contributed by atoms with van der Waals surface area (Å²) in [6.45, 7) is 1.03. The monoisotopic (exact) mass is 314 g/mol. The van der Waals surface area contributed by atoms with Crippen LogP contribution in [0.15, 0.2) is 23.1 Å². The third kappa shape index (κ3) is 4.33. The van der Waals surface area contributed by atoms with Crippen molar-refractivity contribution in [1.82, 2.24) is 4.72 Å². The molecule has 0 spiro atoms. The molecule has 0 unspecified atom stereocenters. The molecule has 1 aromatic rings. The second kappa shape index (κ2) is 6.77. The quantitative estimate of drug-likeness (QED) is 0.720. The normalized spacial score (nSPS) is 14.5. The van der Waals surface area contributed by atoms with Gasteiger partial charge in [-0.3, -0.25) is 0 Å². The van der Waals surface area contributed by atoms with Crippen molar-refractivity contribution >= 4 is 16.0 Å². The Balaban J connectivity index is 2.06. The lowest BCUT2D eigenvalue weighted by molar-refractivity contribution is -0.305. The van der Waals surface area contributed by atoms with Crippen LogP contribution < -0.4 is 19.3 Å². The van der Waals surface area contributed by atoms with Gasteiger partial charge in [0.1, 0.15) is 0 Å². The zero-order valence-corrected chi connectivity index (χ0v) is 12.1. The lowest BCUT2D eigenvalue weighted by Crippen LogP contribution is -2.27. The van der Waals surface area contributed by atoms with Gasteiger partial charge in [0.05, 0.1) is 18.1 Å². The first-order valence-electron chi connectivity index (χ1n) is 6.58. The molecule has 0 saturated heterocycles. The number of aliphatic carboxylic acids is 1. The van der Waals surface area contributed by atoms with E-state index in [1.165, 1.54) is 12.1 Å². The fourth-order valence-electron chi connectivity index (χ4n) is 1.83. The van der Waals surface area contributed by atoms with Crippen LogP contribution in [0.4, 0.5) is 0 Å². The van der Waals surface area contributed by atoms with E-state index >= 15 is 0 Å². The van der Waals surface area contributed by atoms with Gasteiger partial charge in [0.25, 0.3) is 0 Å². The van der Waals surface area contributed by atoms with Gasteiger partial charge in [0.15, 0.2) is 11.5 Å². The topological polar surface area (TPSA) is 105 Å². The number of sulfonamides is 1. The summed E-state index contributed by atoms with van der Waals surface area (Å²) in [5, 5.41) is 10.3. The number of fused-ring (bicyclic) bond motifs is 1. The maximum absolute atomic E-state index is 12.1. The van der Waals surface area contributed by atoms with E-state index in [1.807, 2.05) is 0 Å². The third-order valence-corrected chi connectivity index (χ3v) is 4.34. The zero-order chi connectivity index (χ0) is 15.3. The molecule has 116 valence electrons. The average Bonchev–Trinajstić information content (AvgIpc) is 2.67. The van der Waals surface area contributed by atoms with E-state index in [2.05, 4.69) is 4.72 Å². The van der Waals surface area contributed by atoms with Gasteiger partial charge in [-0.2, -0.15) is 0 Å². The molecular formula is C13H16NO6S-. The van der Waals surface area contributed by atoms with E-state index < -0.39 is 16.0 Å². The van der Waals surface area contributed by atoms with E-state index in [-0.39, 0.29) is 24.3 Å². The number of rotatable bonds is 6. The Kier molecular flexibility index (Phi) is 5.03. The number of benzene rings is 1. The van der Waals surface area contributed by atoms with Gasteiger partial charge in [-0.05, 0) is 25.0 Å². The first-order valence-corrected chi connectivity index (χ1v) is 8.06. The smallest absolute Gasteiger partial charge is 0.240 e. The molecule has 1 aliphatic rings. The summed E-state index contributed by atoms with van der Waals surface area (Å²) >= 11 is 0. The SMILES string of the molecule is O=C([O-])CCCNS(=O)(=O)c1ccc2c(c1)OCCCO2. The van der Waals surface area contributed by atoms with Crippen molar-refractivity contribution in [2.75, 3.05) is 19.8 Å². The van der Waals surface area contributed by atoms with Crippen LogP contribution in [0.5, 0.6) is 11.5 Å². The summed E-state index contributed by atoms with van der Waals surface area (Å²) in [5.41, 5.74) is 0. The summed E-state index contributed by atoms with van der Waals surface area (Å²) in [4.78, 5) is 10.3. The molecule has 0 aliphatic carbocycles. The highest BCUT2D eigenvalue weighted by molar-refractivity contribution is 7.89. The second-order valence-electron chi connectivity index (χ2n) is 4.53. The summed E-state index contributed by atoms with van der Waals surface area (Å²) < 4.78 is 37.4. The predicted octanol–water partition coefficient (Wildman–Crippen LogP) is -0.344. The molecule has 0 atom stereocenters. The number of carbonyl (C=O) groups excluding carboxylic acids is 1. The Morgan fingerprint density at radius 1 is 1.24 bits per heavy atom. The number of carboxylic acid groups (broad SMARTS) is 1. The highest BCUT2D eigenvalue weighted by atomic mass is 32.2. The van der Waals surface area contributed by atoms with Crippen molar-refractivity contribution in [2.24, 2.45) is 0 Å². The molecule has 1 aliphatic heterocycles. The van der Waals surface area contributed by atoms with Crippen molar-refractivity contribution in [2.45, 2.75) is 24.2 Å². The summed E-state index contributed by atoms with van der Waals surface area (Å²) in [5.74, 6) is -0.293. The Labute approximate surface area is 122 Å². The molecule has 8 heteroatoms. The zero-order valence-electron chi connectivity index (χ0n) is 11.3. The first kappa shape index (κ1) is 15.6. The van der Waals surface area contributed by atoms with Gasteiger partial charge < -0.3 is 19.4 Å². The number of carboxylic acids is 1. The molecule has 0 amide bonds. The van der Waals surface area contributed by atoms with Gasteiger partial charge in [-0.1, -0.05) is 0 Å².